The van der Waals surface area contributed by atoms with E-state index in [1.807, 2.05) is 0 Å². The second-order valence-electron chi connectivity index (χ2n) is 6.40. The van der Waals surface area contributed by atoms with Gasteiger partial charge in [-0.1, -0.05) is 5.16 Å². The quantitative estimate of drug-likeness (QED) is 0.0905. The van der Waals surface area contributed by atoms with Crippen LogP contribution in [0.5, 0.6) is 0 Å². The number of hydrogen-bond acceptors (Lipinski definition) is 12. The monoisotopic (exact) mass is 502 g/mol. The zero-order valence-electron chi connectivity index (χ0n) is 16.6. The summed E-state index contributed by atoms with van der Waals surface area (Å²) in [6, 6.07) is -2.92. The molecular formula is C15H18N8O8S2. The van der Waals surface area contributed by atoms with Crippen LogP contribution in [0.25, 0.3) is 0 Å². The standard InChI is InChI=1S/C15H18N8O8S2/c16-14-19-8(6-32-14)10(21-31-4-3-22-2-1-18-7-22)12(24)20-11-9(5-30-15(17)26)23(13(11)25)33(27,28)29/h1-2,6-7,9,11H,3-5H2,(H2,16,19)(H2,17,26)(H,20,24)(H,27,28,29)/t9-,11+/m1/s1. The molecule has 1 saturated heterocycles. The first-order valence-electron chi connectivity index (χ1n) is 8.98. The van der Waals surface area contributed by atoms with Crippen molar-refractivity contribution in [2.75, 3.05) is 18.9 Å². The van der Waals surface area contributed by atoms with Gasteiger partial charge in [-0.15, -0.1) is 11.3 Å². The Bertz CT molecular complexity index is 1160. The number of imidazole rings is 1. The number of nitrogens with one attached hydrogen (secondary N) is 1. The molecule has 0 bridgehead atoms. The second-order valence-corrected chi connectivity index (χ2v) is 8.58. The molecule has 0 unspecified atom stereocenters. The van der Waals surface area contributed by atoms with Gasteiger partial charge in [-0.25, -0.2) is 19.1 Å². The van der Waals surface area contributed by atoms with Gasteiger partial charge in [0.2, 0.25) is 0 Å². The number of carbonyl (C=O) groups is 3. The molecule has 0 spiro atoms. The van der Waals surface area contributed by atoms with Crippen LogP contribution < -0.4 is 16.8 Å². The van der Waals surface area contributed by atoms with Gasteiger partial charge >= 0.3 is 16.4 Å². The third-order valence-electron chi connectivity index (χ3n) is 4.24. The molecule has 0 radical (unpaired) electrons. The SMILES string of the molecule is NC(=O)OC[C@@H]1[C@H](NC(=O)C(=NOCCn2ccnc2)c2csc(N)n2)C(=O)N1S(=O)(=O)O. The van der Waals surface area contributed by atoms with E-state index in [1.165, 1.54) is 5.38 Å². The number of oxime groups is 1. The van der Waals surface area contributed by atoms with Crippen LogP contribution in [0.1, 0.15) is 5.69 Å². The van der Waals surface area contributed by atoms with Crippen molar-refractivity contribution < 1.29 is 36.9 Å². The fourth-order valence-corrected chi connectivity index (χ4v) is 4.19. The van der Waals surface area contributed by atoms with Crippen LogP contribution in [0, 0.1) is 0 Å². The number of ether oxygens (including phenoxy) is 1. The van der Waals surface area contributed by atoms with Crippen LogP contribution in [0.15, 0.2) is 29.3 Å². The van der Waals surface area contributed by atoms with E-state index in [1.54, 1.807) is 23.3 Å². The molecule has 2 aromatic rings. The first-order chi connectivity index (χ1) is 15.6. The van der Waals surface area contributed by atoms with Gasteiger partial charge in [-0.2, -0.15) is 8.42 Å². The zero-order valence-corrected chi connectivity index (χ0v) is 18.2. The Hall–Kier alpha value is -3.77. The van der Waals surface area contributed by atoms with E-state index >= 15 is 0 Å². The number of β-lactam (4-membered cyclic amide) rings is 1. The molecule has 2 atom stereocenters. The minimum atomic E-state index is -4.98. The molecule has 3 amide bonds. The molecule has 0 aromatic carbocycles. The molecule has 3 heterocycles. The number of nitrogens with zero attached hydrogens (tertiary/aromatic N) is 5. The molecule has 0 aliphatic carbocycles. The smallest absolute Gasteiger partial charge is 0.404 e. The molecule has 3 rings (SSSR count). The van der Waals surface area contributed by atoms with Gasteiger partial charge in [0.25, 0.3) is 11.8 Å². The van der Waals surface area contributed by atoms with E-state index in [0.717, 1.165) is 11.3 Å². The predicted octanol–water partition coefficient (Wildman–Crippen LogP) is -2.06. The van der Waals surface area contributed by atoms with Gasteiger partial charge in [0.1, 0.15) is 31.0 Å². The third-order valence-corrected chi connectivity index (χ3v) is 5.86. The number of carbonyl (C=O) groups excluding carboxylic acids is 3. The average Bonchev–Trinajstić information content (AvgIpc) is 3.39. The van der Waals surface area contributed by atoms with Gasteiger partial charge in [0.05, 0.1) is 12.9 Å². The maximum Gasteiger partial charge on any atom is 0.404 e. The van der Waals surface area contributed by atoms with E-state index in [9.17, 15) is 27.4 Å². The molecule has 18 heteroatoms. The summed E-state index contributed by atoms with van der Waals surface area (Å²) in [6.07, 6.45) is 3.57. The Morgan fingerprint density at radius 2 is 2.15 bits per heavy atom. The van der Waals surface area contributed by atoms with Gasteiger partial charge in [-0.3, -0.25) is 14.1 Å². The molecule has 1 aliphatic rings. The van der Waals surface area contributed by atoms with Crippen molar-refractivity contribution in [3.05, 3.63) is 29.8 Å². The maximum absolute atomic E-state index is 12.8. The summed E-state index contributed by atoms with van der Waals surface area (Å²) < 4.78 is 38.4. The van der Waals surface area contributed by atoms with Crippen molar-refractivity contribution in [3.8, 4) is 0 Å². The lowest BCUT2D eigenvalue weighted by atomic mass is 9.99. The number of nitrogens with two attached hydrogens (primary N) is 2. The number of rotatable bonds is 10. The Morgan fingerprint density at radius 1 is 1.39 bits per heavy atom. The Labute approximate surface area is 190 Å². The highest BCUT2D eigenvalue weighted by Gasteiger charge is 2.54. The second kappa shape index (κ2) is 9.79. The molecule has 1 fully saturated rings. The van der Waals surface area contributed by atoms with Gasteiger partial charge < -0.3 is 30.9 Å². The normalized spacial score (nSPS) is 18.5. The fraction of sp³-hybridized carbons (Fsp3) is 0.333. The summed E-state index contributed by atoms with van der Waals surface area (Å²) in [5.41, 5.74) is 10.2. The van der Waals surface area contributed by atoms with Gasteiger partial charge in [-0.05, 0) is 0 Å². The molecule has 2 aromatic heterocycles. The Morgan fingerprint density at radius 3 is 2.73 bits per heavy atom. The first-order valence-corrected chi connectivity index (χ1v) is 11.3. The fourth-order valence-electron chi connectivity index (χ4n) is 2.78. The number of thiazole rings is 1. The van der Waals surface area contributed by atoms with E-state index in [0.29, 0.717) is 6.54 Å². The predicted molar refractivity (Wildman–Crippen MR) is 111 cm³/mol. The lowest BCUT2D eigenvalue weighted by Crippen LogP contribution is -2.73. The number of primary amides is 1. The van der Waals surface area contributed by atoms with E-state index in [-0.39, 0.29) is 27.4 Å². The molecule has 33 heavy (non-hydrogen) atoms. The summed E-state index contributed by atoms with van der Waals surface area (Å²) in [5, 5.41) is 7.59. The summed E-state index contributed by atoms with van der Waals surface area (Å²) in [4.78, 5) is 49.0. The molecule has 178 valence electrons. The van der Waals surface area contributed by atoms with Crippen molar-refractivity contribution in [1.82, 2.24) is 24.2 Å². The molecule has 16 nitrogen and oxygen atoms in total. The Kier molecular flexibility index (Phi) is 7.09. The topological polar surface area (TPSA) is 234 Å². The van der Waals surface area contributed by atoms with Crippen LogP contribution in [-0.4, -0.2) is 80.7 Å². The summed E-state index contributed by atoms with van der Waals surface area (Å²) >= 11 is 1.02. The third kappa shape index (κ3) is 5.73. The van der Waals surface area contributed by atoms with E-state index < -0.39 is 46.9 Å². The lowest BCUT2D eigenvalue weighted by molar-refractivity contribution is -0.146. The van der Waals surface area contributed by atoms with E-state index in [2.05, 4.69) is 25.2 Å². The minimum Gasteiger partial charge on any atom is -0.447 e. The number of hydrogen-bond donors (Lipinski definition) is 4. The Balaban J connectivity index is 1.75. The van der Waals surface area contributed by atoms with Crippen molar-refractivity contribution in [3.63, 3.8) is 0 Å². The maximum atomic E-state index is 12.8. The van der Waals surface area contributed by atoms with Crippen molar-refractivity contribution in [2.45, 2.75) is 18.6 Å². The van der Waals surface area contributed by atoms with Crippen LogP contribution >= 0.6 is 11.3 Å². The number of amides is 3. The summed E-state index contributed by atoms with van der Waals surface area (Å²) in [5.74, 6) is -2.12. The van der Waals surface area contributed by atoms with Crippen LogP contribution in [0.2, 0.25) is 0 Å². The molecular weight excluding hydrogens is 484 g/mol. The highest BCUT2D eigenvalue weighted by atomic mass is 32.2. The van der Waals surface area contributed by atoms with Crippen LogP contribution in [0.3, 0.4) is 0 Å². The summed E-state index contributed by atoms with van der Waals surface area (Å²) in [7, 11) is -4.98. The van der Waals surface area contributed by atoms with E-state index in [4.69, 9.17) is 16.3 Å². The lowest BCUT2D eigenvalue weighted by Gasteiger charge is -2.43. The largest absolute Gasteiger partial charge is 0.447 e. The number of nitrogen functional groups attached to an aromatic ring is 1. The minimum absolute atomic E-state index is 0.0426. The van der Waals surface area contributed by atoms with Gasteiger partial charge in [0.15, 0.2) is 10.8 Å². The highest BCUT2D eigenvalue weighted by Crippen LogP contribution is 2.24. The van der Waals surface area contributed by atoms with Crippen LogP contribution in [-0.2, 0) is 36.0 Å². The first kappa shape index (κ1) is 23.9. The summed E-state index contributed by atoms with van der Waals surface area (Å²) in [6.45, 7) is -0.279. The molecule has 6 N–H and O–H groups in total. The van der Waals surface area contributed by atoms with Crippen LogP contribution in [0.4, 0.5) is 9.93 Å². The van der Waals surface area contributed by atoms with Gasteiger partial charge in [0, 0.05) is 17.8 Å². The average molecular weight is 502 g/mol. The van der Waals surface area contributed by atoms with Crippen molar-refractivity contribution in [2.24, 2.45) is 10.9 Å². The zero-order chi connectivity index (χ0) is 24.2. The molecule has 0 saturated carbocycles. The number of anilines is 1. The molecule has 1 aliphatic heterocycles. The van der Waals surface area contributed by atoms with Crippen molar-refractivity contribution in [1.29, 1.82) is 0 Å². The highest BCUT2D eigenvalue weighted by molar-refractivity contribution is 7.84. The number of aromatic nitrogens is 3. The van der Waals surface area contributed by atoms with Crippen molar-refractivity contribution >= 4 is 50.4 Å².